The van der Waals surface area contributed by atoms with Gasteiger partial charge < -0.3 is 23.0 Å². The van der Waals surface area contributed by atoms with Gasteiger partial charge in [-0.15, -0.1) is 0 Å². The molecule has 0 saturated heterocycles. The molecule has 7 nitrogen and oxygen atoms in total. The van der Waals surface area contributed by atoms with Crippen molar-refractivity contribution in [3.05, 3.63) is 47.9 Å². The number of carbonyl (C=O) groups excluding carboxylic acids is 1. The molecule has 0 unspecified atom stereocenters. The van der Waals surface area contributed by atoms with Crippen LogP contribution in [-0.4, -0.2) is 31.8 Å². The number of esters is 1. The third kappa shape index (κ3) is 3.78. The predicted molar refractivity (Wildman–Crippen MR) is 103 cm³/mol. The lowest BCUT2D eigenvalue weighted by molar-refractivity contribution is -0.137. The van der Waals surface area contributed by atoms with E-state index in [4.69, 9.17) is 23.0 Å². The quantitative estimate of drug-likeness (QED) is 0.438. The summed E-state index contributed by atoms with van der Waals surface area (Å²) >= 11 is 0. The van der Waals surface area contributed by atoms with Crippen molar-refractivity contribution in [1.29, 1.82) is 0 Å². The molecule has 0 aliphatic heterocycles. The topological polar surface area (TPSA) is 83.9 Å². The van der Waals surface area contributed by atoms with Gasteiger partial charge in [-0.3, -0.25) is 0 Å². The molecule has 2 aromatic heterocycles. The Hall–Kier alpha value is -3.48. The number of methoxy groups -OCH3 is 2. The highest BCUT2D eigenvalue weighted by molar-refractivity contribution is 5.88. The minimum atomic E-state index is -0.428. The molecule has 146 valence electrons. The lowest BCUT2D eigenvalue weighted by Gasteiger charge is -2.14. The Labute approximate surface area is 162 Å². The summed E-state index contributed by atoms with van der Waals surface area (Å²) in [6.07, 6.45) is 4.52. The van der Waals surface area contributed by atoms with Gasteiger partial charge in [0.2, 0.25) is 0 Å². The van der Waals surface area contributed by atoms with Gasteiger partial charge in [0.05, 0.1) is 27.1 Å². The standard InChI is InChI=1S/C21H21NO6/c1-5-26-17(23)11-9-14-8-10-15(20(25-4)19(14)24-3)18-13(2)28-21(22-18)16-7-6-12-27-16/h6-12H,5H2,1-4H3. The second-order valence-electron chi connectivity index (χ2n) is 5.76. The first-order valence-corrected chi connectivity index (χ1v) is 8.70. The first kappa shape index (κ1) is 19.3. The lowest BCUT2D eigenvalue weighted by atomic mass is 10.0. The fourth-order valence-corrected chi connectivity index (χ4v) is 2.81. The van der Waals surface area contributed by atoms with Crippen molar-refractivity contribution in [2.24, 2.45) is 0 Å². The van der Waals surface area contributed by atoms with Crippen LogP contribution in [0.2, 0.25) is 0 Å². The van der Waals surface area contributed by atoms with E-state index in [1.165, 1.54) is 13.2 Å². The molecule has 0 fully saturated rings. The number of hydrogen-bond donors (Lipinski definition) is 0. The molecule has 7 heteroatoms. The van der Waals surface area contributed by atoms with Crippen LogP contribution in [0.3, 0.4) is 0 Å². The number of furan rings is 1. The van der Waals surface area contributed by atoms with Crippen LogP contribution in [-0.2, 0) is 9.53 Å². The number of oxazole rings is 1. The molecule has 3 aromatic rings. The number of aryl methyl sites for hydroxylation is 1. The van der Waals surface area contributed by atoms with Crippen LogP contribution in [0.15, 0.2) is 45.4 Å². The lowest BCUT2D eigenvalue weighted by Crippen LogP contribution is -2.00. The third-order valence-electron chi connectivity index (χ3n) is 4.02. The molecule has 28 heavy (non-hydrogen) atoms. The van der Waals surface area contributed by atoms with Crippen LogP contribution < -0.4 is 9.47 Å². The van der Waals surface area contributed by atoms with E-state index in [0.717, 1.165) is 0 Å². The Morgan fingerprint density at radius 3 is 2.61 bits per heavy atom. The van der Waals surface area contributed by atoms with Crippen molar-refractivity contribution < 1.29 is 27.8 Å². The van der Waals surface area contributed by atoms with Crippen LogP contribution in [0, 0.1) is 6.92 Å². The van der Waals surface area contributed by atoms with Crippen molar-refractivity contribution in [1.82, 2.24) is 4.98 Å². The highest BCUT2D eigenvalue weighted by Gasteiger charge is 2.21. The van der Waals surface area contributed by atoms with Crippen LogP contribution in [0.5, 0.6) is 11.5 Å². The maximum absolute atomic E-state index is 11.6. The number of benzene rings is 1. The maximum Gasteiger partial charge on any atom is 0.330 e. The summed E-state index contributed by atoms with van der Waals surface area (Å²) < 4.78 is 27.1. The van der Waals surface area contributed by atoms with Gasteiger partial charge in [0.1, 0.15) is 11.5 Å². The molecule has 0 spiro atoms. The highest BCUT2D eigenvalue weighted by Crippen LogP contribution is 2.42. The second kappa shape index (κ2) is 8.47. The first-order valence-electron chi connectivity index (χ1n) is 8.70. The van der Waals surface area contributed by atoms with Crippen molar-refractivity contribution >= 4 is 12.0 Å². The fourth-order valence-electron chi connectivity index (χ4n) is 2.81. The van der Waals surface area contributed by atoms with Gasteiger partial charge in [-0.2, -0.15) is 0 Å². The molecule has 0 aliphatic carbocycles. The molecule has 0 amide bonds. The summed E-state index contributed by atoms with van der Waals surface area (Å²) in [5, 5.41) is 0. The summed E-state index contributed by atoms with van der Waals surface area (Å²) in [4.78, 5) is 16.2. The summed E-state index contributed by atoms with van der Waals surface area (Å²) in [6.45, 7) is 3.88. The molecular formula is C21H21NO6. The van der Waals surface area contributed by atoms with Crippen molar-refractivity contribution in [3.8, 4) is 34.4 Å². The van der Waals surface area contributed by atoms with Crippen molar-refractivity contribution in [2.45, 2.75) is 13.8 Å². The maximum atomic E-state index is 11.6. The first-order chi connectivity index (χ1) is 13.6. The number of aromatic nitrogens is 1. The zero-order valence-corrected chi connectivity index (χ0v) is 16.1. The molecule has 0 bridgehead atoms. The minimum absolute atomic E-state index is 0.312. The number of nitrogens with zero attached hydrogens (tertiary/aromatic N) is 1. The Morgan fingerprint density at radius 2 is 1.96 bits per heavy atom. The van der Waals surface area contributed by atoms with Crippen molar-refractivity contribution in [2.75, 3.05) is 20.8 Å². The molecule has 2 heterocycles. The van der Waals surface area contributed by atoms with Gasteiger partial charge in [-0.05, 0) is 38.1 Å². The van der Waals surface area contributed by atoms with E-state index in [2.05, 4.69) is 4.98 Å². The van der Waals surface area contributed by atoms with Gasteiger partial charge >= 0.3 is 5.97 Å². The van der Waals surface area contributed by atoms with Gasteiger partial charge in [-0.1, -0.05) is 6.07 Å². The third-order valence-corrected chi connectivity index (χ3v) is 4.02. The van der Waals surface area contributed by atoms with E-state index in [9.17, 15) is 4.79 Å². The van der Waals surface area contributed by atoms with Gasteiger partial charge in [0.15, 0.2) is 17.3 Å². The van der Waals surface area contributed by atoms with E-state index in [-0.39, 0.29) is 0 Å². The molecule has 0 aliphatic rings. The Balaban J connectivity index is 2.04. The minimum Gasteiger partial charge on any atom is -0.492 e. The number of carbonyl (C=O) groups is 1. The van der Waals surface area contributed by atoms with Crippen LogP contribution in [0.4, 0.5) is 0 Å². The zero-order valence-electron chi connectivity index (χ0n) is 16.1. The van der Waals surface area contributed by atoms with Gasteiger partial charge in [-0.25, -0.2) is 9.78 Å². The Morgan fingerprint density at radius 1 is 1.18 bits per heavy atom. The normalized spacial score (nSPS) is 11.0. The molecule has 0 saturated carbocycles. The van der Waals surface area contributed by atoms with E-state index in [1.807, 2.05) is 19.1 Å². The summed E-state index contributed by atoms with van der Waals surface area (Å²) in [7, 11) is 3.08. The number of rotatable bonds is 7. The number of ether oxygens (including phenoxy) is 3. The SMILES string of the molecule is CCOC(=O)C=Cc1ccc(-c2nc(-c3ccco3)oc2C)c(OC)c1OC. The fraction of sp³-hybridized carbons (Fsp3) is 0.238. The highest BCUT2D eigenvalue weighted by atomic mass is 16.5. The smallest absolute Gasteiger partial charge is 0.330 e. The molecule has 0 radical (unpaired) electrons. The summed E-state index contributed by atoms with van der Waals surface area (Å²) in [6, 6.07) is 7.19. The van der Waals surface area contributed by atoms with E-state index < -0.39 is 5.97 Å². The zero-order chi connectivity index (χ0) is 20.1. The predicted octanol–water partition coefficient (Wildman–Crippen LogP) is 4.50. The summed E-state index contributed by atoms with van der Waals surface area (Å²) in [5.41, 5.74) is 1.98. The van der Waals surface area contributed by atoms with E-state index in [1.54, 1.807) is 38.5 Å². The largest absolute Gasteiger partial charge is 0.492 e. The van der Waals surface area contributed by atoms with Gasteiger partial charge in [0, 0.05) is 17.2 Å². The molecule has 0 N–H and O–H groups in total. The average molecular weight is 383 g/mol. The monoisotopic (exact) mass is 383 g/mol. The molecule has 1 aromatic carbocycles. The summed E-state index contributed by atoms with van der Waals surface area (Å²) in [5.74, 6) is 2.06. The van der Waals surface area contributed by atoms with Crippen molar-refractivity contribution in [3.63, 3.8) is 0 Å². The van der Waals surface area contributed by atoms with E-state index in [0.29, 0.717) is 52.3 Å². The number of hydrogen-bond acceptors (Lipinski definition) is 7. The Kier molecular flexibility index (Phi) is 5.84. The van der Waals surface area contributed by atoms with Crippen LogP contribution in [0.25, 0.3) is 29.0 Å². The molecule has 0 atom stereocenters. The van der Waals surface area contributed by atoms with Gasteiger partial charge in [0.25, 0.3) is 5.89 Å². The van der Waals surface area contributed by atoms with Crippen LogP contribution >= 0.6 is 0 Å². The van der Waals surface area contributed by atoms with E-state index >= 15 is 0 Å². The Bertz CT molecular complexity index is 985. The molecular weight excluding hydrogens is 362 g/mol. The average Bonchev–Trinajstić information content (AvgIpc) is 3.35. The van der Waals surface area contributed by atoms with Crippen LogP contribution in [0.1, 0.15) is 18.2 Å². The molecule has 3 rings (SSSR count). The second-order valence-corrected chi connectivity index (χ2v) is 5.76.